The van der Waals surface area contributed by atoms with Crippen molar-refractivity contribution in [1.82, 2.24) is 0 Å². The van der Waals surface area contributed by atoms with Crippen molar-refractivity contribution in [3.8, 4) is 0 Å². The second-order valence-corrected chi connectivity index (χ2v) is 5.36. The molecule has 0 aliphatic carbocycles. The van der Waals surface area contributed by atoms with Gasteiger partial charge in [-0.25, -0.2) is 4.39 Å². The summed E-state index contributed by atoms with van der Waals surface area (Å²) in [5.41, 5.74) is 2.55. The smallest absolute Gasteiger partial charge is 0.147 e. The molecule has 0 amide bonds. The second-order valence-electron chi connectivity index (χ2n) is 4.95. The Morgan fingerprint density at radius 1 is 1.10 bits per heavy atom. The molecular formula is C16H18ClFN2. The number of nitrogens with zero attached hydrogens (tertiary/aromatic N) is 1. The normalized spacial score (nSPS) is 12.1. The number of hydrogen-bond acceptors (Lipinski definition) is 2. The molecule has 0 aliphatic rings. The summed E-state index contributed by atoms with van der Waals surface area (Å²) in [6.07, 6.45) is 0. The molecule has 1 unspecified atom stereocenters. The van der Waals surface area contributed by atoms with E-state index in [-0.39, 0.29) is 11.9 Å². The maximum Gasteiger partial charge on any atom is 0.147 e. The molecule has 4 heteroatoms. The van der Waals surface area contributed by atoms with E-state index in [0.29, 0.717) is 10.7 Å². The molecule has 1 N–H and O–H groups in total. The van der Waals surface area contributed by atoms with Gasteiger partial charge in [-0.3, -0.25) is 0 Å². The van der Waals surface area contributed by atoms with Crippen molar-refractivity contribution in [2.45, 2.75) is 13.0 Å². The fraction of sp³-hybridized carbons (Fsp3) is 0.250. The first-order valence-electron chi connectivity index (χ1n) is 6.47. The van der Waals surface area contributed by atoms with Crippen LogP contribution in [0.3, 0.4) is 0 Å². The van der Waals surface area contributed by atoms with Gasteiger partial charge in [-0.2, -0.15) is 0 Å². The first-order valence-corrected chi connectivity index (χ1v) is 6.84. The quantitative estimate of drug-likeness (QED) is 0.877. The second kappa shape index (κ2) is 6.14. The molecule has 2 aromatic rings. The lowest BCUT2D eigenvalue weighted by molar-refractivity contribution is 0.627. The van der Waals surface area contributed by atoms with E-state index < -0.39 is 0 Å². The lowest BCUT2D eigenvalue weighted by Gasteiger charge is -2.19. The summed E-state index contributed by atoms with van der Waals surface area (Å²) < 4.78 is 13.7. The molecule has 0 bridgehead atoms. The van der Waals surface area contributed by atoms with Gasteiger partial charge in [-0.1, -0.05) is 29.8 Å². The molecule has 0 aliphatic heterocycles. The molecular weight excluding hydrogens is 275 g/mol. The first kappa shape index (κ1) is 14.7. The third kappa shape index (κ3) is 3.23. The zero-order valence-electron chi connectivity index (χ0n) is 11.8. The van der Waals surface area contributed by atoms with Crippen molar-refractivity contribution in [2.75, 3.05) is 24.3 Å². The molecule has 1 atom stereocenters. The summed E-state index contributed by atoms with van der Waals surface area (Å²) in [4.78, 5) is 2.04. The Kier molecular flexibility index (Phi) is 4.50. The zero-order chi connectivity index (χ0) is 14.7. The summed E-state index contributed by atoms with van der Waals surface area (Å²) in [5, 5.41) is 3.51. The monoisotopic (exact) mass is 292 g/mol. The summed E-state index contributed by atoms with van der Waals surface area (Å²) in [6, 6.07) is 12.8. The fourth-order valence-corrected chi connectivity index (χ4v) is 2.21. The Bertz CT molecular complexity index is 561. The first-order chi connectivity index (χ1) is 9.49. The molecule has 0 saturated heterocycles. The molecule has 0 radical (unpaired) electrons. The number of para-hydroxylation sites is 1. The Morgan fingerprint density at radius 3 is 2.30 bits per heavy atom. The minimum absolute atomic E-state index is 0.0272. The number of anilines is 2. The van der Waals surface area contributed by atoms with E-state index in [1.54, 1.807) is 12.1 Å². The molecule has 2 rings (SSSR count). The van der Waals surface area contributed by atoms with Gasteiger partial charge in [0, 0.05) is 25.8 Å². The summed E-state index contributed by atoms with van der Waals surface area (Å²) >= 11 is 6.02. The predicted octanol–water partition coefficient (Wildman–Crippen LogP) is 4.72. The van der Waals surface area contributed by atoms with Crippen molar-refractivity contribution < 1.29 is 4.39 Å². The van der Waals surface area contributed by atoms with Crippen molar-refractivity contribution in [2.24, 2.45) is 0 Å². The van der Waals surface area contributed by atoms with Crippen molar-refractivity contribution >= 4 is 23.0 Å². The van der Waals surface area contributed by atoms with Crippen LogP contribution in [0.1, 0.15) is 18.5 Å². The standard InChI is InChI=1S/C16H18ClFN2/c1-11(12-7-9-13(10-8-12)20(2)3)19-16-14(17)5-4-6-15(16)18/h4-11,19H,1-3H3. The van der Waals surface area contributed by atoms with E-state index in [1.807, 2.05) is 50.2 Å². The third-order valence-corrected chi connectivity index (χ3v) is 3.55. The highest BCUT2D eigenvalue weighted by Crippen LogP contribution is 2.29. The maximum absolute atomic E-state index is 13.7. The largest absolute Gasteiger partial charge is 0.378 e. The summed E-state index contributed by atoms with van der Waals surface area (Å²) in [5.74, 6) is -0.339. The molecule has 0 heterocycles. The molecule has 0 saturated carbocycles. The van der Waals surface area contributed by atoms with Crippen LogP contribution in [0.5, 0.6) is 0 Å². The van der Waals surface area contributed by atoms with E-state index in [2.05, 4.69) is 5.32 Å². The van der Waals surface area contributed by atoms with Gasteiger partial charge in [-0.15, -0.1) is 0 Å². The molecule has 0 fully saturated rings. The van der Waals surface area contributed by atoms with E-state index >= 15 is 0 Å². The Labute approximate surface area is 124 Å². The molecule has 2 aromatic carbocycles. The van der Waals surface area contributed by atoms with Crippen LogP contribution in [0.4, 0.5) is 15.8 Å². The molecule has 20 heavy (non-hydrogen) atoms. The summed E-state index contributed by atoms with van der Waals surface area (Å²) in [6.45, 7) is 1.98. The molecule has 0 spiro atoms. The van der Waals surface area contributed by atoms with Crippen LogP contribution in [-0.4, -0.2) is 14.1 Å². The van der Waals surface area contributed by atoms with Crippen LogP contribution in [0.25, 0.3) is 0 Å². The van der Waals surface area contributed by atoms with E-state index in [4.69, 9.17) is 11.6 Å². The molecule has 0 aromatic heterocycles. The van der Waals surface area contributed by atoms with Crippen molar-refractivity contribution in [1.29, 1.82) is 0 Å². The van der Waals surface area contributed by atoms with E-state index in [1.165, 1.54) is 6.07 Å². The number of halogens is 2. The zero-order valence-corrected chi connectivity index (χ0v) is 12.6. The minimum Gasteiger partial charge on any atom is -0.378 e. The van der Waals surface area contributed by atoms with Gasteiger partial charge in [0.25, 0.3) is 0 Å². The summed E-state index contributed by atoms with van der Waals surface area (Å²) in [7, 11) is 3.99. The highest BCUT2D eigenvalue weighted by Gasteiger charge is 2.11. The fourth-order valence-electron chi connectivity index (χ4n) is 2.00. The van der Waals surface area contributed by atoms with Crippen LogP contribution < -0.4 is 10.2 Å². The van der Waals surface area contributed by atoms with Crippen LogP contribution in [0, 0.1) is 5.82 Å². The molecule has 2 nitrogen and oxygen atoms in total. The van der Waals surface area contributed by atoms with Gasteiger partial charge in [0.05, 0.1) is 10.7 Å². The third-order valence-electron chi connectivity index (χ3n) is 3.23. The van der Waals surface area contributed by atoms with Crippen molar-refractivity contribution in [3.05, 3.63) is 58.9 Å². The topological polar surface area (TPSA) is 15.3 Å². The predicted molar refractivity (Wildman–Crippen MR) is 84.2 cm³/mol. The van der Waals surface area contributed by atoms with Crippen LogP contribution in [0.2, 0.25) is 5.02 Å². The number of benzene rings is 2. The van der Waals surface area contributed by atoms with Gasteiger partial charge >= 0.3 is 0 Å². The van der Waals surface area contributed by atoms with Crippen molar-refractivity contribution in [3.63, 3.8) is 0 Å². The Balaban J connectivity index is 2.17. The molecule has 106 valence electrons. The van der Waals surface area contributed by atoms with E-state index in [0.717, 1.165) is 11.3 Å². The Morgan fingerprint density at radius 2 is 1.75 bits per heavy atom. The number of nitrogens with one attached hydrogen (secondary N) is 1. The van der Waals surface area contributed by atoms with Crippen LogP contribution in [0.15, 0.2) is 42.5 Å². The van der Waals surface area contributed by atoms with Gasteiger partial charge in [0.15, 0.2) is 0 Å². The van der Waals surface area contributed by atoms with E-state index in [9.17, 15) is 4.39 Å². The van der Waals surface area contributed by atoms with Gasteiger partial charge < -0.3 is 10.2 Å². The lowest BCUT2D eigenvalue weighted by Crippen LogP contribution is -2.10. The average molecular weight is 293 g/mol. The SMILES string of the molecule is CC(Nc1c(F)cccc1Cl)c1ccc(N(C)C)cc1. The average Bonchev–Trinajstić information content (AvgIpc) is 2.43. The van der Waals surface area contributed by atoms with Gasteiger partial charge in [-0.05, 0) is 36.8 Å². The van der Waals surface area contributed by atoms with Crippen LogP contribution >= 0.6 is 11.6 Å². The Hall–Kier alpha value is -1.74. The number of hydrogen-bond donors (Lipinski definition) is 1. The lowest BCUT2D eigenvalue weighted by atomic mass is 10.1. The highest BCUT2D eigenvalue weighted by molar-refractivity contribution is 6.33. The number of rotatable bonds is 4. The van der Waals surface area contributed by atoms with Crippen LogP contribution in [-0.2, 0) is 0 Å². The maximum atomic E-state index is 13.7. The van der Waals surface area contributed by atoms with Gasteiger partial charge in [0.2, 0.25) is 0 Å². The highest BCUT2D eigenvalue weighted by atomic mass is 35.5. The van der Waals surface area contributed by atoms with Gasteiger partial charge in [0.1, 0.15) is 5.82 Å². The minimum atomic E-state index is -0.339.